The minimum atomic E-state index is -1.33. The van der Waals surface area contributed by atoms with E-state index in [1.165, 1.54) is 14.2 Å². The summed E-state index contributed by atoms with van der Waals surface area (Å²) in [5, 5.41) is 0. The summed E-state index contributed by atoms with van der Waals surface area (Å²) >= 11 is 3.42. The fraction of sp³-hybridized carbons (Fsp3) is 0.222. The number of hydrogen-bond donors (Lipinski definition) is 0. The number of benzene rings is 3. The number of hydrogen-bond acceptors (Lipinski definition) is 5. The van der Waals surface area contributed by atoms with E-state index >= 15 is 0 Å². The number of halogens is 1. The Hall–Kier alpha value is -3.25. The molecule has 0 aliphatic carbocycles. The highest BCUT2D eigenvalue weighted by atomic mass is 79.9. The van der Waals surface area contributed by atoms with Crippen molar-refractivity contribution in [3.8, 4) is 0 Å². The topological polar surface area (TPSA) is 69.7 Å². The highest BCUT2D eigenvalue weighted by Gasteiger charge is 2.45. The molecule has 3 aromatic rings. The molecule has 0 amide bonds. The van der Waals surface area contributed by atoms with Crippen molar-refractivity contribution in [2.24, 2.45) is 5.92 Å². The van der Waals surface area contributed by atoms with Gasteiger partial charge in [0.15, 0.2) is 11.7 Å². The van der Waals surface area contributed by atoms with Gasteiger partial charge in [-0.25, -0.2) is 0 Å². The van der Waals surface area contributed by atoms with Gasteiger partial charge in [0.05, 0.1) is 20.1 Å². The molecular weight excluding hydrogens is 484 g/mol. The number of ether oxygens (including phenoxy) is 2. The smallest absolute Gasteiger partial charge is 0.320 e. The van der Waals surface area contributed by atoms with Crippen molar-refractivity contribution in [1.82, 2.24) is 0 Å². The molecule has 0 saturated heterocycles. The third-order valence-corrected chi connectivity index (χ3v) is 6.19. The first-order valence-corrected chi connectivity index (χ1v) is 11.2. The van der Waals surface area contributed by atoms with Crippen molar-refractivity contribution in [2.45, 2.75) is 18.8 Å². The van der Waals surface area contributed by atoms with Crippen LogP contribution in [-0.2, 0) is 19.1 Å². The van der Waals surface area contributed by atoms with Crippen molar-refractivity contribution in [1.29, 1.82) is 0 Å². The molecule has 0 bridgehead atoms. The molecule has 0 aliphatic heterocycles. The van der Waals surface area contributed by atoms with Gasteiger partial charge >= 0.3 is 11.9 Å². The summed E-state index contributed by atoms with van der Waals surface area (Å²) in [6, 6.07) is 23.6. The average Bonchev–Trinajstić information content (AvgIpc) is 2.84. The summed E-state index contributed by atoms with van der Waals surface area (Å²) in [4.78, 5) is 39.7. The maximum absolute atomic E-state index is 14.0. The van der Waals surface area contributed by atoms with E-state index in [9.17, 15) is 14.4 Å². The predicted octanol–water partition coefficient (Wildman–Crippen LogP) is 5.47. The number of esters is 2. The molecule has 0 heterocycles. The second-order valence-electron chi connectivity index (χ2n) is 7.72. The maximum atomic E-state index is 14.0. The molecule has 6 heteroatoms. The van der Waals surface area contributed by atoms with E-state index in [1.807, 2.05) is 61.5 Å². The quantitative estimate of drug-likeness (QED) is 0.229. The zero-order valence-electron chi connectivity index (χ0n) is 18.7. The minimum absolute atomic E-state index is 0.202. The van der Waals surface area contributed by atoms with E-state index in [0.717, 1.165) is 10.0 Å². The van der Waals surface area contributed by atoms with Crippen LogP contribution in [0.5, 0.6) is 0 Å². The molecule has 3 aromatic carbocycles. The fourth-order valence-electron chi connectivity index (χ4n) is 3.99. The summed E-state index contributed by atoms with van der Waals surface area (Å²) in [5.74, 6) is -4.74. The number of carbonyl (C=O) groups is 3. The Morgan fingerprint density at radius 2 is 1.27 bits per heavy atom. The lowest BCUT2D eigenvalue weighted by Gasteiger charge is -2.31. The molecule has 0 saturated carbocycles. The Labute approximate surface area is 201 Å². The number of rotatable bonds is 8. The van der Waals surface area contributed by atoms with Crippen LogP contribution in [0.25, 0.3) is 0 Å². The zero-order chi connectivity index (χ0) is 24.0. The Morgan fingerprint density at radius 1 is 0.727 bits per heavy atom. The number of ketones is 1. The van der Waals surface area contributed by atoms with Crippen LogP contribution < -0.4 is 0 Å². The number of carbonyl (C=O) groups excluding carboxylic acids is 3. The minimum Gasteiger partial charge on any atom is -0.468 e. The van der Waals surface area contributed by atoms with Crippen LogP contribution in [0.3, 0.4) is 0 Å². The maximum Gasteiger partial charge on any atom is 0.320 e. The van der Waals surface area contributed by atoms with Gasteiger partial charge in [-0.15, -0.1) is 0 Å². The normalized spacial score (nSPS) is 12.6. The van der Waals surface area contributed by atoms with Gasteiger partial charge in [-0.3, -0.25) is 14.4 Å². The molecule has 5 nitrogen and oxygen atoms in total. The summed E-state index contributed by atoms with van der Waals surface area (Å²) in [6.45, 7) is 1.94. The number of Topliss-reactive ketones (excluding diaryl/α,β-unsaturated/α-hetero) is 1. The molecule has 0 aliphatic rings. The van der Waals surface area contributed by atoms with Crippen LogP contribution in [0.1, 0.15) is 38.9 Å². The van der Waals surface area contributed by atoms with Crippen LogP contribution in [-0.4, -0.2) is 31.9 Å². The molecule has 0 spiro atoms. The van der Waals surface area contributed by atoms with Gasteiger partial charge in [0.2, 0.25) is 0 Å². The van der Waals surface area contributed by atoms with E-state index in [-0.39, 0.29) is 5.78 Å². The van der Waals surface area contributed by atoms with Crippen LogP contribution in [0.15, 0.2) is 83.3 Å². The van der Waals surface area contributed by atoms with Crippen molar-refractivity contribution in [2.75, 3.05) is 14.2 Å². The Kier molecular flexibility index (Phi) is 8.17. The van der Waals surface area contributed by atoms with Crippen LogP contribution in [0.4, 0.5) is 0 Å². The molecule has 0 radical (unpaired) electrons. The molecule has 2 atom stereocenters. The van der Waals surface area contributed by atoms with Gasteiger partial charge in [0.25, 0.3) is 0 Å². The van der Waals surface area contributed by atoms with Crippen LogP contribution in [0, 0.1) is 12.8 Å². The SMILES string of the molecule is COC(=O)C(C(=O)OC)C(c1ccc(Br)cc1)C(C(=O)c1ccc(C)cc1)c1ccccc1. The molecule has 33 heavy (non-hydrogen) atoms. The summed E-state index contributed by atoms with van der Waals surface area (Å²) in [5.41, 5.74) is 2.85. The lowest BCUT2D eigenvalue weighted by atomic mass is 9.70. The molecule has 3 rings (SSSR count). The Balaban J connectivity index is 2.27. The first-order valence-electron chi connectivity index (χ1n) is 10.4. The first-order chi connectivity index (χ1) is 15.9. The van der Waals surface area contributed by atoms with Crippen molar-refractivity contribution >= 4 is 33.7 Å². The molecule has 170 valence electrons. The molecular formula is C27H25BrO5. The lowest BCUT2D eigenvalue weighted by Crippen LogP contribution is -2.37. The van der Waals surface area contributed by atoms with Gasteiger partial charge in [0.1, 0.15) is 0 Å². The predicted molar refractivity (Wildman–Crippen MR) is 129 cm³/mol. The fourth-order valence-corrected chi connectivity index (χ4v) is 4.25. The van der Waals surface area contributed by atoms with Gasteiger partial charge < -0.3 is 9.47 Å². The summed E-state index contributed by atoms with van der Waals surface area (Å²) in [7, 11) is 2.44. The number of aryl methyl sites for hydroxylation is 1. The lowest BCUT2D eigenvalue weighted by molar-refractivity contribution is -0.160. The first kappa shape index (κ1) is 24.4. The van der Waals surface area contributed by atoms with Gasteiger partial charge in [0, 0.05) is 16.0 Å². The van der Waals surface area contributed by atoms with E-state index in [2.05, 4.69) is 15.9 Å². The Morgan fingerprint density at radius 3 is 1.79 bits per heavy atom. The van der Waals surface area contributed by atoms with Crippen molar-refractivity contribution in [3.63, 3.8) is 0 Å². The second-order valence-corrected chi connectivity index (χ2v) is 8.64. The van der Waals surface area contributed by atoms with E-state index in [0.29, 0.717) is 16.7 Å². The summed E-state index contributed by atoms with van der Waals surface area (Å²) < 4.78 is 10.8. The third kappa shape index (κ3) is 5.57. The van der Waals surface area contributed by atoms with Crippen LogP contribution >= 0.6 is 15.9 Å². The van der Waals surface area contributed by atoms with E-state index in [1.54, 1.807) is 24.3 Å². The second kappa shape index (κ2) is 11.1. The van der Waals surface area contributed by atoms with E-state index < -0.39 is 29.7 Å². The van der Waals surface area contributed by atoms with Gasteiger partial charge in [-0.1, -0.05) is 88.2 Å². The monoisotopic (exact) mass is 508 g/mol. The van der Waals surface area contributed by atoms with Crippen molar-refractivity contribution < 1.29 is 23.9 Å². The Bertz CT molecular complexity index is 1090. The summed E-state index contributed by atoms with van der Waals surface area (Å²) in [6.07, 6.45) is 0. The van der Waals surface area contributed by atoms with Crippen LogP contribution in [0.2, 0.25) is 0 Å². The average molecular weight is 509 g/mol. The largest absolute Gasteiger partial charge is 0.468 e. The standard InChI is InChI=1S/C27H25BrO5/c1-17-9-11-20(12-10-17)25(29)23(18-7-5-4-6-8-18)22(19-13-15-21(28)16-14-19)24(26(30)32-2)27(31)33-3/h4-16,22-24H,1-3H3. The molecule has 0 aromatic heterocycles. The molecule has 2 unspecified atom stereocenters. The van der Waals surface area contributed by atoms with Gasteiger partial charge in [-0.05, 0) is 30.2 Å². The van der Waals surface area contributed by atoms with E-state index in [4.69, 9.17) is 9.47 Å². The zero-order valence-corrected chi connectivity index (χ0v) is 20.2. The number of methoxy groups -OCH3 is 2. The third-order valence-electron chi connectivity index (χ3n) is 5.66. The molecule has 0 fully saturated rings. The molecule has 0 N–H and O–H groups in total. The highest BCUT2D eigenvalue weighted by molar-refractivity contribution is 9.10. The highest BCUT2D eigenvalue weighted by Crippen LogP contribution is 2.42. The van der Waals surface area contributed by atoms with Crippen molar-refractivity contribution in [3.05, 3.63) is 106 Å². The van der Waals surface area contributed by atoms with Gasteiger partial charge in [-0.2, -0.15) is 0 Å².